The molecule has 0 bridgehead atoms. The predicted octanol–water partition coefficient (Wildman–Crippen LogP) is 0.267. The lowest BCUT2D eigenvalue weighted by Gasteiger charge is -2.19. The van der Waals surface area contributed by atoms with Gasteiger partial charge in [-0.25, -0.2) is 4.39 Å². The summed E-state index contributed by atoms with van der Waals surface area (Å²) < 4.78 is 16.9. The molecule has 1 heterocycles. The van der Waals surface area contributed by atoms with Crippen molar-refractivity contribution in [1.29, 1.82) is 0 Å². The van der Waals surface area contributed by atoms with Crippen molar-refractivity contribution < 1.29 is 14.2 Å². The summed E-state index contributed by atoms with van der Waals surface area (Å²) in [5.41, 5.74) is 0. The first-order chi connectivity index (χ1) is 3.80. The van der Waals surface area contributed by atoms with Crippen LogP contribution in [0.1, 0.15) is 6.42 Å². The Bertz CT molecular complexity index is 66.8. The van der Waals surface area contributed by atoms with Gasteiger partial charge in [0.15, 0.2) is 0 Å². The lowest BCUT2D eigenvalue weighted by molar-refractivity contribution is -0.0129. The lowest BCUT2D eigenvalue weighted by atomic mass is 10.1. The van der Waals surface area contributed by atoms with Gasteiger partial charge in [-0.1, -0.05) is 0 Å². The fraction of sp³-hybridized carbons (Fsp3) is 0.800. The van der Waals surface area contributed by atoms with Gasteiger partial charge in [-0.3, -0.25) is 0 Å². The van der Waals surface area contributed by atoms with Crippen LogP contribution < -0.4 is 0 Å². The fourth-order valence-electron chi connectivity index (χ4n) is 0.603. The SMILES string of the molecule is OC1[CH]OCCC1F. The summed E-state index contributed by atoms with van der Waals surface area (Å²) in [6.45, 7) is 1.52. The Labute approximate surface area is 47.3 Å². The van der Waals surface area contributed by atoms with Gasteiger partial charge < -0.3 is 9.84 Å². The van der Waals surface area contributed by atoms with Gasteiger partial charge in [-0.2, -0.15) is 0 Å². The van der Waals surface area contributed by atoms with Crippen molar-refractivity contribution in [2.75, 3.05) is 6.61 Å². The van der Waals surface area contributed by atoms with E-state index in [9.17, 15) is 4.39 Å². The summed E-state index contributed by atoms with van der Waals surface area (Å²) in [5.74, 6) is 0. The fourth-order valence-corrected chi connectivity index (χ4v) is 0.603. The highest BCUT2D eigenvalue weighted by Crippen LogP contribution is 2.13. The third-order valence-electron chi connectivity index (χ3n) is 1.12. The minimum atomic E-state index is -1.12. The van der Waals surface area contributed by atoms with Crippen LogP contribution in [0.15, 0.2) is 0 Å². The van der Waals surface area contributed by atoms with Gasteiger partial charge in [0, 0.05) is 6.42 Å². The highest BCUT2D eigenvalue weighted by Gasteiger charge is 2.22. The summed E-state index contributed by atoms with van der Waals surface area (Å²) in [5, 5.41) is 8.62. The van der Waals surface area contributed by atoms with E-state index in [4.69, 9.17) is 5.11 Å². The quantitative estimate of drug-likeness (QED) is 0.496. The average molecular weight is 119 g/mol. The van der Waals surface area contributed by atoms with Crippen molar-refractivity contribution in [2.24, 2.45) is 0 Å². The summed E-state index contributed by atoms with van der Waals surface area (Å²) in [7, 11) is 0. The van der Waals surface area contributed by atoms with Crippen molar-refractivity contribution in [3.8, 4) is 0 Å². The van der Waals surface area contributed by atoms with Crippen LogP contribution in [0.3, 0.4) is 0 Å². The molecule has 2 atom stereocenters. The molecule has 0 aliphatic carbocycles. The van der Waals surface area contributed by atoms with E-state index >= 15 is 0 Å². The van der Waals surface area contributed by atoms with E-state index in [0.29, 0.717) is 13.0 Å². The minimum absolute atomic E-state index is 0.303. The second-order valence-corrected chi connectivity index (χ2v) is 1.80. The number of aliphatic hydroxyl groups excluding tert-OH is 1. The Morgan fingerprint density at radius 1 is 1.75 bits per heavy atom. The molecule has 0 aromatic heterocycles. The van der Waals surface area contributed by atoms with Crippen molar-refractivity contribution in [3.63, 3.8) is 0 Å². The molecule has 0 aromatic carbocycles. The molecule has 3 heteroatoms. The van der Waals surface area contributed by atoms with E-state index in [1.54, 1.807) is 0 Å². The van der Waals surface area contributed by atoms with Crippen molar-refractivity contribution >= 4 is 0 Å². The maximum atomic E-state index is 12.2. The van der Waals surface area contributed by atoms with Crippen molar-refractivity contribution in [1.82, 2.24) is 0 Å². The molecule has 2 unspecified atom stereocenters. The van der Waals surface area contributed by atoms with Crippen molar-refractivity contribution in [3.05, 3.63) is 6.61 Å². The second-order valence-electron chi connectivity index (χ2n) is 1.80. The zero-order chi connectivity index (χ0) is 5.98. The van der Waals surface area contributed by atoms with Crippen LogP contribution in [0.4, 0.5) is 4.39 Å². The topological polar surface area (TPSA) is 29.5 Å². The molecule has 2 nitrogen and oxygen atoms in total. The molecule has 0 saturated carbocycles. The van der Waals surface area contributed by atoms with Crippen LogP contribution in [0.2, 0.25) is 0 Å². The molecule has 1 aliphatic rings. The lowest BCUT2D eigenvalue weighted by Crippen LogP contribution is -2.29. The van der Waals surface area contributed by atoms with Crippen LogP contribution in [-0.4, -0.2) is 24.0 Å². The van der Waals surface area contributed by atoms with Crippen LogP contribution >= 0.6 is 0 Å². The molecule has 0 spiro atoms. The van der Waals surface area contributed by atoms with Gasteiger partial charge in [0.1, 0.15) is 18.9 Å². The van der Waals surface area contributed by atoms with Crippen LogP contribution in [0.25, 0.3) is 0 Å². The molecular formula is C5H8FO2. The molecule has 1 rings (SSSR count). The van der Waals surface area contributed by atoms with E-state index < -0.39 is 12.3 Å². The molecule has 1 N–H and O–H groups in total. The minimum Gasteiger partial charge on any atom is -0.387 e. The molecule has 0 aromatic rings. The number of hydrogen-bond donors (Lipinski definition) is 1. The van der Waals surface area contributed by atoms with E-state index in [2.05, 4.69) is 4.74 Å². The average Bonchev–Trinajstić information content (AvgIpc) is 1.77. The summed E-state index contributed by atoms with van der Waals surface area (Å²) in [4.78, 5) is 0. The molecule has 1 fully saturated rings. The van der Waals surface area contributed by atoms with E-state index in [1.807, 2.05) is 0 Å². The van der Waals surface area contributed by atoms with Crippen LogP contribution in [0, 0.1) is 6.61 Å². The highest BCUT2D eigenvalue weighted by atomic mass is 19.1. The Morgan fingerprint density at radius 2 is 2.50 bits per heavy atom. The van der Waals surface area contributed by atoms with Gasteiger partial charge in [0.25, 0.3) is 0 Å². The van der Waals surface area contributed by atoms with Crippen LogP contribution in [0.5, 0.6) is 0 Å². The van der Waals surface area contributed by atoms with Gasteiger partial charge in [0.2, 0.25) is 0 Å². The summed E-state index contributed by atoms with van der Waals surface area (Å²) >= 11 is 0. The first-order valence-corrected chi connectivity index (χ1v) is 2.58. The molecular weight excluding hydrogens is 111 g/mol. The zero-order valence-electron chi connectivity index (χ0n) is 4.38. The predicted molar refractivity (Wildman–Crippen MR) is 25.8 cm³/mol. The standard InChI is InChI=1S/C5H8FO2/c6-4-1-2-8-3-5(4)7/h3-5,7H,1-2H2. The smallest absolute Gasteiger partial charge is 0.131 e. The number of hydrogen-bond acceptors (Lipinski definition) is 2. The first-order valence-electron chi connectivity index (χ1n) is 2.58. The molecule has 0 amide bonds. The molecule has 1 saturated heterocycles. The van der Waals surface area contributed by atoms with E-state index in [-0.39, 0.29) is 0 Å². The maximum Gasteiger partial charge on any atom is 0.131 e. The first kappa shape index (κ1) is 5.98. The highest BCUT2D eigenvalue weighted by molar-refractivity contribution is 4.78. The number of halogens is 1. The van der Waals surface area contributed by atoms with Gasteiger partial charge >= 0.3 is 0 Å². The largest absolute Gasteiger partial charge is 0.387 e. The number of rotatable bonds is 0. The Kier molecular flexibility index (Phi) is 1.81. The Morgan fingerprint density at radius 3 is 2.88 bits per heavy atom. The van der Waals surface area contributed by atoms with Gasteiger partial charge in [-0.05, 0) is 0 Å². The van der Waals surface area contributed by atoms with Crippen molar-refractivity contribution in [2.45, 2.75) is 18.7 Å². The third kappa shape index (κ3) is 1.17. The van der Waals surface area contributed by atoms with Crippen LogP contribution in [-0.2, 0) is 4.74 Å². The Hall–Kier alpha value is -0.150. The molecule has 8 heavy (non-hydrogen) atoms. The summed E-state index contributed by atoms with van der Waals surface area (Å²) in [6, 6.07) is 0. The Balaban J connectivity index is 2.28. The third-order valence-corrected chi connectivity index (χ3v) is 1.12. The van der Waals surface area contributed by atoms with Gasteiger partial charge in [0.05, 0.1) is 6.61 Å². The molecule has 47 valence electrons. The monoisotopic (exact) mass is 119 g/mol. The number of aliphatic hydroxyl groups is 1. The second kappa shape index (κ2) is 2.42. The van der Waals surface area contributed by atoms with E-state index in [0.717, 1.165) is 6.61 Å². The normalized spacial score (nSPS) is 39.8. The zero-order valence-corrected chi connectivity index (χ0v) is 4.38. The molecule has 1 aliphatic heterocycles. The summed E-state index contributed by atoms with van der Waals surface area (Å²) in [6.07, 6.45) is -1.83. The maximum absolute atomic E-state index is 12.2. The number of ether oxygens (including phenoxy) is 1. The van der Waals surface area contributed by atoms with E-state index in [1.165, 1.54) is 0 Å². The molecule has 1 radical (unpaired) electrons. The number of alkyl halides is 1. The van der Waals surface area contributed by atoms with Gasteiger partial charge in [-0.15, -0.1) is 0 Å².